The van der Waals surface area contributed by atoms with E-state index in [1.165, 1.54) is 0 Å². The Kier molecular flexibility index (Phi) is 4.15. The highest BCUT2D eigenvalue weighted by molar-refractivity contribution is 6.33. The van der Waals surface area contributed by atoms with Gasteiger partial charge in [-0.05, 0) is 50.1 Å². The van der Waals surface area contributed by atoms with E-state index in [0.717, 1.165) is 18.5 Å². The fraction of sp³-hybridized carbons (Fsp3) is 0.462. The number of aliphatic carboxylic acids is 1. The molecule has 18 heavy (non-hydrogen) atoms. The lowest BCUT2D eigenvalue weighted by atomic mass is 10.1. The number of rotatable bonds is 3. The van der Waals surface area contributed by atoms with E-state index < -0.39 is 12.0 Å². The molecule has 1 fully saturated rings. The maximum atomic E-state index is 11.2. The number of likely N-dealkylation sites (tertiary alicyclic amines) is 1. The van der Waals surface area contributed by atoms with Crippen LogP contribution in [0.4, 0.5) is 0 Å². The van der Waals surface area contributed by atoms with Gasteiger partial charge in [0.25, 0.3) is 0 Å². The molecule has 1 saturated heterocycles. The van der Waals surface area contributed by atoms with E-state index in [-0.39, 0.29) is 6.04 Å². The maximum Gasteiger partial charge on any atom is 0.320 e. The van der Waals surface area contributed by atoms with Crippen molar-refractivity contribution in [2.45, 2.75) is 31.8 Å². The summed E-state index contributed by atoms with van der Waals surface area (Å²) in [4.78, 5) is 13.2. The first kappa shape index (κ1) is 13.7. The van der Waals surface area contributed by atoms with Gasteiger partial charge >= 0.3 is 5.97 Å². The van der Waals surface area contributed by atoms with Crippen LogP contribution >= 0.6 is 23.2 Å². The van der Waals surface area contributed by atoms with Crippen LogP contribution in [0.25, 0.3) is 0 Å². The molecule has 3 nitrogen and oxygen atoms in total. The average Bonchev–Trinajstić information content (AvgIpc) is 2.80. The van der Waals surface area contributed by atoms with Gasteiger partial charge in [-0.2, -0.15) is 0 Å². The lowest BCUT2D eigenvalue weighted by Crippen LogP contribution is -2.37. The van der Waals surface area contributed by atoms with Gasteiger partial charge in [0.15, 0.2) is 0 Å². The molecule has 2 unspecified atom stereocenters. The number of benzene rings is 1. The van der Waals surface area contributed by atoms with Gasteiger partial charge in [-0.3, -0.25) is 9.69 Å². The minimum absolute atomic E-state index is 0.0419. The van der Waals surface area contributed by atoms with Gasteiger partial charge < -0.3 is 5.11 Å². The second kappa shape index (κ2) is 5.47. The van der Waals surface area contributed by atoms with E-state index in [0.29, 0.717) is 16.5 Å². The highest BCUT2D eigenvalue weighted by Gasteiger charge is 2.34. The Morgan fingerprint density at radius 3 is 2.89 bits per heavy atom. The summed E-state index contributed by atoms with van der Waals surface area (Å²) in [6, 6.07) is 4.83. The summed E-state index contributed by atoms with van der Waals surface area (Å²) < 4.78 is 0. The summed E-state index contributed by atoms with van der Waals surface area (Å²) in [5.74, 6) is -0.766. The van der Waals surface area contributed by atoms with E-state index in [1.54, 1.807) is 12.1 Å². The number of carboxylic acids is 1. The first-order valence-electron chi connectivity index (χ1n) is 5.94. The van der Waals surface area contributed by atoms with Crippen LogP contribution in [-0.2, 0) is 4.79 Å². The van der Waals surface area contributed by atoms with Crippen LogP contribution in [-0.4, -0.2) is 28.6 Å². The molecule has 0 radical (unpaired) electrons. The van der Waals surface area contributed by atoms with E-state index in [2.05, 4.69) is 0 Å². The standard InChI is InChI=1S/C13H15Cl2NO2/c1-8(10-7-9(14)4-5-11(10)15)16-6-2-3-12(16)13(17)18/h4-5,7-8,12H,2-3,6H2,1H3,(H,17,18). The van der Waals surface area contributed by atoms with E-state index >= 15 is 0 Å². The molecule has 0 bridgehead atoms. The van der Waals surface area contributed by atoms with Crippen LogP contribution < -0.4 is 0 Å². The Bertz CT molecular complexity index is 464. The summed E-state index contributed by atoms with van der Waals surface area (Å²) >= 11 is 12.1. The zero-order valence-corrected chi connectivity index (χ0v) is 11.6. The number of carboxylic acid groups (broad SMARTS) is 1. The van der Waals surface area contributed by atoms with Gasteiger partial charge in [0.2, 0.25) is 0 Å². The third-order valence-corrected chi connectivity index (χ3v) is 4.06. The van der Waals surface area contributed by atoms with Crippen LogP contribution in [0.15, 0.2) is 18.2 Å². The summed E-state index contributed by atoms with van der Waals surface area (Å²) in [5.41, 5.74) is 0.886. The summed E-state index contributed by atoms with van der Waals surface area (Å²) in [5, 5.41) is 10.4. The highest BCUT2D eigenvalue weighted by Crippen LogP contribution is 2.34. The second-order valence-corrected chi connectivity index (χ2v) is 5.42. The van der Waals surface area contributed by atoms with Crippen molar-refractivity contribution >= 4 is 29.2 Å². The molecule has 0 amide bonds. The normalized spacial score (nSPS) is 22.1. The first-order chi connectivity index (χ1) is 8.50. The molecule has 1 aromatic rings. The molecule has 2 atom stereocenters. The molecular weight excluding hydrogens is 273 g/mol. The SMILES string of the molecule is CC(c1cc(Cl)ccc1Cl)N1CCCC1C(=O)O. The fourth-order valence-corrected chi connectivity index (χ4v) is 2.99. The summed E-state index contributed by atoms with van der Waals surface area (Å²) in [6.45, 7) is 2.75. The number of nitrogens with zero attached hydrogens (tertiary/aromatic N) is 1. The molecule has 0 aliphatic carbocycles. The minimum atomic E-state index is -0.766. The van der Waals surface area contributed by atoms with Gasteiger partial charge in [0.05, 0.1) is 0 Å². The topological polar surface area (TPSA) is 40.5 Å². The van der Waals surface area contributed by atoms with Crippen molar-refractivity contribution in [2.75, 3.05) is 6.54 Å². The van der Waals surface area contributed by atoms with Gasteiger partial charge in [-0.25, -0.2) is 0 Å². The monoisotopic (exact) mass is 287 g/mol. The molecule has 1 aromatic carbocycles. The molecule has 1 aliphatic heterocycles. The zero-order valence-electron chi connectivity index (χ0n) is 10.1. The van der Waals surface area contributed by atoms with Gasteiger partial charge in [0.1, 0.15) is 6.04 Å². The van der Waals surface area contributed by atoms with Gasteiger partial charge in [0, 0.05) is 16.1 Å². The fourth-order valence-electron chi connectivity index (χ4n) is 2.53. The molecule has 0 spiro atoms. The highest BCUT2D eigenvalue weighted by atomic mass is 35.5. The minimum Gasteiger partial charge on any atom is -0.480 e. The molecule has 2 rings (SSSR count). The molecule has 1 aliphatic rings. The Balaban J connectivity index is 2.27. The van der Waals surface area contributed by atoms with Crippen LogP contribution in [0.5, 0.6) is 0 Å². The van der Waals surface area contributed by atoms with Gasteiger partial charge in [-0.15, -0.1) is 0 Å². The van der Waals surface area contributed by atoms with Crippen molar-refractivity contribution in [3.8, 4) is 0 Å². The summed E-state index contributed by atoms with van der Waals surface area (Å²) in [7, 11) is 0. The smallest absolute Gasteiger partial charge is 0.320 e. The van der Waals surface area contributed by atoms with Crippen molar-refractivity contribution in [3.05, 3.63) is 33.8 Å². The Hall–Kier alpha value is -0.770. The third kappa shape index (κ3) is 2.63. The molecule has 5 heteroatoms. The van der Waals surface area contributed by atoms with Crippen molar-refractivity contribution in [2.24, 2.45) is 0 Å². The first-order valence-corrected chi connectivity index (χ1v) is 6.70. The molecule has 1 N–H and O–H groups in total. The van der Waals surface area contributed by atoms with Gasteiger partial charge in [-0.1, -0.05) is 23.2 Å². The quantitative estimate of drug-likeness (QED) is 0.923. The third-order valence-electron chi connectivity index (χ3n) is 3.48. The zero-order chi connectivity index (χ0) is 13.3. The summed E-state index contributed by atoms with van der Waals surface area (Å²) in [6.07, 6.45) is 1.59. The number of halogens is 2. The second-order valence-electron chi connectivity index (χ2n) is 4.58. The number of carbonyl (C=O) groups is 1. The molecule has 0 aromatic heterocycles. The van der Waals surface area contributed by atoms with Crippen molar-refractivity contribution < 1.29 is 9.90 Å². The molecule has 0 saturated carbocycles. The van der Waals surface area contributed by atoms with Crippen LogP contribution in [0.2, 0.25) is 10.0 Å². The molecule has 98 valence electrons. The van der Waals surface area contributed by atoms with E-state index in [9.17, 15) is 9.90 Å². The van der Waals surface area contributed by atoms with E-state index in [4.69, 9.17) is 23.2 Å². The van der Waals surface area contributed by atoms with Crippen molar-refractivity contribution in [1.82, 2.24) is 4.90 Å². The Morgan fingerprint density at radius 2 is 2.22 bits per heavy atom. The number of hydrogen-bond acceptors (Lipinski definition) is 2. The lowest BCUT2D eigenvalue weighted by Gasteiger charge is -2.29. The van der Waals surface area contributed by atoms with Crippen molar-refractivity contribution in [1.29, 1.82) is 0 Å². The predicted molar refractivity (Wildman–Crippen MR) is 72.2 cm³/mol. The predicted octanol–water partition coefficient (Wildman–Crippen LogP) is 3.60. The van der Waals surface area contributed by atoms with Crippen LogP contribution in [0, 0.1) is 0 Å². The van der Waals surface area contributed by atoms with E-state index in [1.807, 2.05) is 17.9 Å². The Labute approximate surface area is 116 Å². The van der Waals surface area contributed by atoms with Crippen LogP contribution in [0.1, 0.15) is 31.4 Å². The largest absolute Gasteiger partial charge is 0.480 e. The van der Waals surface area contributed by atoms with Crippen molar-refractivity contribution in [3.63, 3.8) is 0 Å². The number of hydrogen-bond donors (Lipinski definition) is 1. The molecule has 1 heterocycles. The average molecular weight is 288 g/mol. The maximum absolute atomic E-state index is 11.2. The lowest BCUT2D eigenvalue weighted by molar-refractivity contribution is -0.142. The molecular formula is C13H15Cl2NO2. The van der Waals surface area contributed by atoms with Crippen LogP contribution in [0.3, 0.4) is 0 Å². The Morgan fingerprint density at radius 1 is 1.50 bits per heavy atom.